The second-order valence-electron chi connectivity index (χ2n) is 5.34. The third-order valence-corrected chi connectivity index (χ3v) is 3.93. The van der Waals surface area contributed by atoms with Crippen molar-refractivity contribution >= 4 is 16.9 Å². The number of imidazole rings is 1. The summed E-state index contributed by atoms with van der Waals surface area (Å²) in [6.07, 6.45) is 2.51. The van der Waals surface area contributed by atoms with Crippen LogP contribution in [0.2, 0.25) is 0 Å². The maximum Gasteiger partial charge on any atom is 0.327 e. The third-order valence-electron chi connectivity index (χ3n) is 3.93. The molecule has 1 aliphatic rings. The Morgan fingerprint density at radius 2 is 2.23 bits per heavy atom. The van der Waals surface area contributed by atoms with E-state index in [0.29, 0.717) is 18.1 Å². The Hall–Kier alpha value is -2.73. The SMILES string of the molecule is O=C(O)[C@@H]1NCCc2[nH]c(-c3ccc4ncccc4c3)nc21. The summed E-state index contributed by atoms with van der Waals surface area (Å²) in [5.74, 6) is -0.201. The zero-order valence-electron chi connectivity index (χ0n) is 11.7. The highest BCUT2D eigenvalue weighted by atomic mass is 16.4. The summed E-state index contributed by atoms with van der Waals surface area (Å²) in [5, 5.41) is 13.3. The lowest BCUT2D eigenvalue weighted by molar-refractivity contribution is -0.139. The first-order valence-electron chi connectivity index (χ1n) is 7.12. The van der Waals surface area contributed by atoms with Crippen LogP contribution in [0, 0.1) is 0 Å². The van der Waals surface area contributed by atoms with Gasteiger partial charge in [-0.15, -0.1) is 0 Å². The first-order valence-corrected chi connectivity index (χ1v) is 7.12. The average Bonchev–Trinajstić information content (AvgIpc) is 2.98. The van der Waals surface area contributed by atoms with Gasteiger partial charge in [0.05, 0.1) is 11.2 Å². The lowest BCUT2D eigenvalue weighted by Gasteiger charge is -2.18. The monoisotopic (exact) mass is 294 g/mol. The molecule has 1 atom stereocenters. The largest absolute Gasteiger partial charge is 0.480 e. The van der Waals surface area contributed by atoms with Crippen molar-refractivity contribution in [2.75, 3.05) is 6.54 Å². The molecule has 0 aliphatic carbocycles. The van der Waals surface area contributed by atoms with Gasteiger partial charge >= 0.3 is 5.97 Å². The number of pyridine rings is 1. The van der Waals surface area contributed by atoms with Crippen molar-refractivity contribution in [1.29, 1.82) is 0 Å². The molecule has 0 bridgehead atoms. The lowest BCUT2D eigenvalue weighted by atomic mass is 10.1. The highest BCUT2D eigenvalue weighted by Crippen LogP contribution is 2.27. The lowest BCUT2D eigenvalue weighted by Crippen LogP contribution is -2.35. The molecule has 6 nitrogen and oxygen atoms in total. The van der Waals surface area contributed by atoms with Gasteiger partial charge in [-0.25, -0.2) is 4.98 Å². The summed E-state index contributed by atoms with van der Waals surface area (Å²) in [4.78, 5) is 23.4. The number of nitrogens with one attached hydrogen (secondary N) is 2. The molecule has 1 aliphatic heterocycles. The van der Waals surface area contributed by atoms with Gasteiger partial charge in [0.2, 0.25) is 0 Å². The molecule has 0 radical (unpaired) electrons. The molecule has 3 heterocycles. The van der Waals surface area contributed by atoms with Crippen LogP contribution < -0.4 is 5.32 Å². The molecule has 0 amide bonds. The van der Waals surface area contributed by atoms with Crippen molar-refractivity contribution in [2.24, 2.45) is 0 Å². The number of carbonyl (C=O) groups is 1. The Kier molecular flexibility index (Phi) is 2.90. The van der Waals surface area contributed by atoms with E-state index in [-0.39, 0.29) is 0 Å². The molecule has 4 rings (SSSR count). The summed E-state index contributed by atoms with van der Waals surface area (Å²) in [6, 6.07) is 9.05. The first-order chi connectivity index (χ1) is 10.7. The number of aliphatic carboxylic acids is 1. The number of rotatable bonds is 2. The molecule has 22 heavy (non-hydrogen) atoms. The summed E-state index contributed by atoms with van der Waals surface area (Å²) >= 11 is 0. The number of aromatic amines is 1. The Balaban J connectivity index is 1.80. The van der Waals surface area contributed by atoms with Gasteiger partial charge in [-0.3, -0.25) is 15.1 Å². The van der Waals surface area contributed by atoms with Crippen molar-refractivity contribution in [3.63, 3.8) is 0 Å². The Labute approximate surface area is 126 Å². The fourth-order valence-corrected chi connectivity index (χ4v) is 2.85. The minimum absolute atomic E-state index is 0.583. The van der Waals surface area contributed by atoms with Crippen molar-refractivity contribution in [3.8, 4) is 11.4 Å². The molecule has 0 saturated carbocycles. The zero-order chi connectivity index (χ0) is 15.1. The molecule has 2 aromatic heterocycles. The van der Waals surface area contributed by atoms with Crippen LogP contribution in [0.5, 0.6) is 0 Å². The van der Waals surface area contributed by atoms with Gasteiger partial charge in [0, 0.05) is 35.8 Å². The average molecular weight is 294 g/mol. The number of aromatic nitrogens is 3. The summed E-state index contributed by atoms with van der Waals surface area (Å²) < 4.78 is 0. The van der Waals surface area contributed by atoms with Crippen LogP contribution in [0.1, 0.15) is 17.4 Å². The Morgan fingerprint density at radius 3 is 3.09 bits per heavy atom. The van der Waals surface area contributed by atoms with Crippen molar-refractivity contribution in [1.82, 2.24) is 20.3 Å². The first kappa shape index (κ1) is 13.0. The minimum atomic E-state index is -0.901. The van der Waals surface area contributed by atoms with Crippen molar-refractivity contribution in [3.05, 3.63) is 47.9 Å². The van der Waals surface area contributed by atoms with E-state index in [1.54, 1.807) is 6.20 Å². The van der Waals surface area contributed by atoms with E-state index in [9.17, 15) is 9.90 Å². The van der Waals surface area contributed by atoms with Crippen molar-refractivity contribution < 1.29 is 9.90 Å². The van der Waals surface area contributed by atoms with Gasteiger partial charge in [-0.2, -0.15) is 0 Å². The van der Waals surface area contributed by atoms with Gasteiger partial charge < -0.3 is 10.1 Å². The third kappa shape index (κ3) is 2.05. The maximum absolute atomic E-state index is 11.3. The molecular weight excluding hydrogens is 280 g/mol. The van der Waals surface area contributed by atoms with E-state index < -0.39 is 12.0 Å². The molecular formula is C16H14N4O2. The molecule has 1 aromatic carbocycles. The minimum Gasteiger partial charge on any atom is -0.480 e. The predicted molar refractivity (Wildman–Crippen MR) is 81.4 cm³/mol. The van der Waals surface area contributed by atoms with Gasteiger partial charge in [-0.1, -0.05) is 6.07 Å². The number of nitrogens with zero attached hydrogens (tertiary/aromatic N) is 2. The second-order valence-corrected chi connectivity index (χ2v) is 5.34. The summed E-state index contributed by atoms with van der Waals surface area (Å²) in [5.41, 5.74) is 3.33. The molecule has 0 fully saturated rings. The van der Waals surface area contributed by atoms with E-state index in [0.717, 1.165) is 28.6 Å². The molecule has 110 valence electrons. The molecule has 3 N–H and O–H groups in total. The zero-order valence-corrected chi connectivity index (χ0v) is 11.7. The number of benzene rings is 1. The standard InChI is InChI=1S/C16H14N4O2/c21-16(22)14-13-12(5-7-18-14)19-15(20-13)10-3-4-11-9(8-10)2-1-6-17-11/h1-4,6,8,14,18H,5,7H2,(H,19,20)(H,21,22)/t14-/m1/s1. The Bertz CT molecular complexity index is 871. The van der Waals surface area contributed by atoms with E-state index >= 15 is 0 Å². The van der Waals surface area contributed by atoms with Crippen LogP contribution in [-0.4, -0.2) is 32.6 Å². The molecule has 0 saturated heterocycles. The number of carboxylic acid groups (broad SMARTS) is 1. The molecule has 3 aromatic rings. The van der Waals surface area contributed by atoms with Gasteiger partial charge in [-0.05, 0) is 24.3 Å². The fourth-order valence-electron chi connectivity index (χ4n) is 2.85. The number of carboxylic acids is 1. The van der Waals surface area contributed by atoms with Crippen LogP contribution in [0.25, 0.3) is 22.3 Å². The van der Waals surface area contributed by atoms with Crippen LogP contribution in [0.3, 0.4) is 0 Å². The quantitative estimate of drug-likeness (QED) is 0.671. The summed E-state index contributed by atoms with van der Waals surface area (Å²) in [6.45, 7) is 0.632. The van der Waals surface area contributed by atoms with Crippen LogP contribution >= 0.6 is 0 Å². The number of hydrogen-bond acceptors (Lipinski definition) is 4. The van der Waals surface area contributed by atoms with E-state index in [2.05, 4.69) is 20.3 Å². The van der Waals surface area contributed by atoms with Gasteiger partial charge in [0.25, 0.3) is 0 Å². The van der Waals surface area contributed by atoms with E-state index in [1.807, 2.05) is 30.3 Å². The normalized spacial score (nSPS) is 17.4. The Morgan fingerprint density at radius 1 is 1.32 bits per heavy atom. The predicted octanol–water partition coefficient (Wildman–Crippen LogP) is 1.90. The van der Waals surface area contributed by atoms with Crippen molar-refractivity contribution in [2.45, 2.75) is 12.5 Å². The second kappa shape index (κ2) is 4.92. The number of hydrogen-bond donors (Lipinski definition) is 3. The van der Waals surface area contributed by atoms with E-state index in [1.165, 1.54) is 0 Å². The summed E-state index contributed by atoms with van der Waals surface area (Å²) in [7, 11) is 0. The topological polar surface area (TPSA) is 90.9 Å². The van der Waals surface area contributed by atoms with Gasteiger partial charge in [0.15, 0.2) is 6.04 Å². The van der Waals surface area contributed by atoms with Crippen LogP contribution in [0.4, 0.5) is 0 Å². The van der Waals surface area contributed by atoms with Crippen LogP contribution in [-0.2, 0) is 11.2 Å². The molecule has 6 heteroatoms. The number of H-pyrrole nitrogens is 1. The highest BCUT2D eigenvalue weighted by Gasteiger charge is 2.29. The maximum atomic E-state index is 11.3. The van der Waals surface area contributed by atoms with Gasteiger partial charge in [0.1, 0.15) is 5.82 Å². The smallest absolute Gasteiger partial charge is 0.327 e. The molecule has 0 spiro atoms. The molecule has 0 unspecified atom stereocenters. The van der Waals surface area contributed by atoms with E-state index in [4.69, 9.17) is 0 Å². The highest BCUT2D eigenvalue weighted by molar-refractivity contribution is 5.83. The fraction of sp³-hybridized carbons (Fsp3) is 0.188. The number of fused-ring (bicyclic) bond motifs is 2. The van der Waals surface area contributed by atoms with Crippen LogP contribution in [0.15, 0.2) is 36.5 Å².